The number of hydrogen-bond acceptors (Lipinski definition) is 1. The number of anilines is 1. The van der Waals surface area contributed by atoms with Crippen molar-refractivity contribution in [1.82, 2.24) is 0 Å². The van der Waals surface area contributed by atoms with E-state index in [1.165, 1.54) is 5.56 Å². The number of hydrogen-bond donors (Lipinski definition) is 1. The van der Waals surface area contributed by atoms with Crippen LogP contribution in [0.25, 0.3) is 0 Å². The van der Waals surface area contributed by atoms with Crippen LogP contribution in [-0.2, 0) is 13.0 Å². The zero-order valence-corrected chi connectivity index (χ0v) is 12.6. The van der Waals surface area contributed by atoms with Crippen molar-refractivity contribution in [1.29, 1.82) is 0 Å². The Balaban J connectivity index is 2.00. The van der Waals surface area contributed by atoms with Crippen LogP contribution in [0.4, 0.5) is 5.69 Å². The third-order valence-corrected chi connectivity index (χ3v) is 3.90. The van der Waals surface area contributed by atoms with Gasteiger partial charge < -0.3 is 5.32 Å². The molecule has 1 nitrogen and oxygen atoms in total. The molecule has 0 spiro atoms. The second-order valence-electron chi connectivity index (χ2n) is 4.20. The van der Waals surface area contributed by atoms with Gasteiger partial charge in [-0.25, -0.2) is 0 Å². The third kappa shape index (κ3) is 4.04. The molecule has 0 saturated heterocycles. The molecular weight excluding hydrogens is 301 g/mol. The van der Waals surface area contributed by atoms with E-state index in [4.69, 9.17) is 34.8 Å². The van der Waals surface area contributed by atoms with Gasteiger partial charge in [-0.3, -0.25) is 0 Å². The predicted octanol–water partition coefficient (Wildman–Crippen LogP) is 5.39. The molecule has 0 aromatic heterocycles. The predicted molar refractivity (Wildman–Crippen MR) is 84.7 cm³/mol. The largest absolute Gasteiger partial charge is 0.381 e. The van der Waals surface area contributed by atoms with E-state index in [2.05, 4.69) is 17.4 Å². The Morgan fingerprint density at radius 3 is 2.37 bits per heavy atom. The second kappa shape index (κ2) is 7.04. The van der Waals surface area contributed by atoms with Crippen LogP contribution in [0.15, 0.2) is 42.5 Å². The Morgan fingerprint density at radius 1 is 0.947 bits per heavy atom. The first-order valence-electron chi connectivity index (χ1n) is 6.02. The van der Waals surface area contributed by atoms with Crippen molar-refractivity contribution in [3.63, 3.8) is 0 Å². The zero-order valence-electron chi connectivity index (χ0n) is 10.3. The lowest BCUT2D eigenvalue weighted by Crippen LogP contribution is -2.00. The molecule has 0 aliphatic carbocycles. The lowest BCUT2D eigenvalue weighted by molar-refractivity contribution is 1.13. The molecule has 0 aliphatic heterocycles. The Morgan fingerprint density at radius 2 is 1.68 bits per heavy atom. The van der Waals surface area contributed by atoms with Crippen molar-refractivity contribution in [2.24, 2.45) is 0 Å². The summed E-state index contributed by atoms with van der Waals surface area (Å²) in [6.45, 7) is 0.647. The summed E-state index contributed by atoms with van der Waals surface area (Å²) < 4.78 is 0. The van der Waals surface area contributed by atoms with Gasteiger partial charge in [0.05, 0.1) is 10.0 Å². The summed E-state index contributed by atoms with van der Waals surface area (Å²) in [7, 11) is 0. The molecule has 0 heterocycles. The van der Waals surface area contributed by atoms with Gasteiger partial charge in [0.25, 0.3) is 0 Å². The monoisotopic (exact) mass is 313 g/mol. The van der Waals surface area contributed by atoms with E-state index in [-0.39, 0.29) is 0 Å². The van der Waals surface area contributed by atoms with E-state index in [1.807, 2.05) is 24.3 Å². The smallest absolute Gasteiger partial charge is 0.0642 e. The summed E-state index contributed by atoms with van der Waals surface area (Å²) in [6.07, 6.45) is 0.891. The van der Waals surface area contributed by atoms with Crippen molar-refractivity contribution in [2.45, 2.75) is 13.0 Å². The molecular formula is C15H14Cl3N. The van der Waals surface area contributed by atoms with Crippen LogP contribution in [0.3, 0.4) is 0 Å². The van der Waals surface area contributed by atoms with Gasteiger partial charge in [-0.1, -0.05) is 47.5 Å². The van der Waals surface area contributed by atoms with Crippen molar-refractivity contribution in [3.05, 3.63) is 63.6 Å². The number of alkyl halides is 1. The molecule has 1 N–H and O–H groups in total. The summed E-state index contributed by atoms with van der Waals surface area (Å²) in [5.74, 6) is 0.644. The maximum Gasteiger partial charge on any atom is 0.0642 e. The van der Waals surface area contributed by atoms with Gasteiger partial charge in [0, 0.05) is 18.1 Å². The highest BCUT2D eigenvalue weighted by atomic mass is 35.5. The topological polar surface area (TPSA) is 12.0 Å². The highest BCUT2D eigenvalue weighted by Crippen LogP contribution is 2.26. The van der Waals surface area contributed by atoms with Crippen molar-refractivity contribution < 1.29 is 0 Å². The number of nitrogens with one attached hydrogen (secondary N) is 1. The molecule has 0 aliphatic rings. The van der Waals surface area contributed by atoms with Crippen LogP contribution in [0.1, 0.15) is 11.1 Å². The minimum atomic E-state index is 0.582. The fourth-order valence-electron chi connectivity index (χ4n) is 1.78. The van der Waals surface area contributed by atoms with Crippen LogP contribution in [0, 0.1) is 0 Å². The highest BCUT2D eigenvalue weighted by molar-refractivity contribution is 6.42. The normalized spacial score (nSPS) is 10.5. The average molecular weight is 315 g/mol. The maximum absolute atomic E-state index is 6.14. The van der Waals surface area contributed by atoms with Gasteiger partial charge >= 0.3 is 0 Å². The van der Waals surface area contributed by atoms with Gasteiger partial charge in [0.1, 0.15) is 0 Å². The maximum atomic E-state index is 6.14. The molecule has 0 unspecified atom stereocenters. The molecule has 2 rings (SSSR count). The summed E-state index contributed by atoms with van der Waals surface area (Å²) in [5.41, 5.74) is 3.27. The lowest BCUT2D eigenvalue weighted by atomic mass is 10.1. The summed E-state index contributed by atoms with van der Waals surface area (Å²) >= 11 is 17.8. The Labute approximate surface area is 128 Å². The average Bonchev–Trinajstić information content (AvgIpc) is 2.42. The first-order chi connectivity index (χ1) is 9.20. The molecule has 0 atom stereocenters. The highest BCUT2D eigenvalue weighted by Gasteiger charge is 2.03. The number of aryl methyl sites for hydroxylation is 1. The fourth-order valence-corrected chi connectivity index (χ4v) is 2.39. The molecule has 0 amide bonds. The minimum Gasteiger partial charge on any atom is -0.381 e. The Kier molecular flexibility index (Phi) is 5.38. The number of halogens is 3. The first-order valence-corrected chi connectivity index (χ1v) is 7.31. The van der Waals surface area contributed by atoms with E-state index >= 15 is 0 Å². The van der Waals surface area contributed by atoms with Gasteiger partial charge in [-0.2, -0.15) is 0 Å². The van der Waals surface area contributed by atoms with Crippen molar-refractivity contribution in [3.8, 4) is 0 Å². The number of benzene rings is 2. The van der Waals surface area contributed by atoms with Gasteiger partial charge in [-0.15, -0.1) is 11.6 Å². The standard InChI is InChI=1S/C15H14Cl3N/c16-9-8-11-4-6-13(7-5-11)19-10-12-2-1-3-14(17)15(12)18/h1-7,19H,8-10H2. The summed E-state index contributed by atoms with van der Waals surface area (Å²) in [4.78, 5) is 0. The molecule has 100 valence electrons. The van der Waals surface area contributed by atoms with E-state index in [0.29, 0.717) is 22.5 Å². The number of rotatable bonds is 5. The fraction of sp³-hybridized carbons (Fsp3) is 0.200. The first kappa shape index (κ1) is 14.5. The summed E-state index contributed by atoms with van der Waals surface area (Å²) in [5, 5.41) is 4.51. The van der Waals surface area contributed by atoms with Gasteiger partial charge in [-0.05, 0) is 35.7 Å². The van der Waals surface area contributed by atoms with E-state index in [0.717, 1.165) is 17.7 Å². The van der Waals surface area contributed by atoms with E-state index in [1.54, 1.807) is 6.07 Å². The van der Waals surface area contributed by atoms with E-state index in [9.17, 15) is 0 Å². The van der Waals surface area contributed by atoms with Crippen molar-refractivity contribution >= 4 is 40.5 Å². The molecule has 0 radical (unpaired) electrons. The molecule has 19 heavy (non-hydrogen) atoms. The third-order valence-electron chi connectivity index (χ3n) is 2.85. The van der Waals surface area contributed by atoms with Crippen LogP contribution in [0.2, 0.25) is 10.0 Å². The molecule has 2 aromatic carbocycles. The van der Waals surface area contributed by atoms with Gasteiger partial charge in [0.15, 0.2) is 0 Å². The molecule has 0 saturated carbocycles. The lowest BCUT2D eigenvalue weighted by Gasteiger charge is -2.09. The van der Waals surface area contributed by atoms with Crippen LogP contribution in [-0.4, -0.2) is 5.88 Å². The Bertz CT molecular complexity index is 538. The molecule has 0 bridgehead atoms. The summed E-state index contributed by atoms with van der Waals surface area (Å²) in [6, 6.07) is 13.9. The molecule has 2 aromatic rings. The SMILES string of the molecule is ClCCc1ccc(NCc2cccc(Cl)c2Cl)cc1. The second-order valence-corrected chi connectivity index (χ2v) is 5.37. The Hall–Kier alpha value is -0.890. The minimum absolute atomic E-state index is 0.582. The van der Waals surface area contributed by atoms with E-state index < -0.39 is 0 Å². The van der Waals surface area contributed by atoms with Gasteiger partial charge in [0.2, 0.25) is 0 Å². The van der Waals surface area contributed by atoms with Crippen LogP contribution in [0.5, 0.6) is 0 Å². The molecule has 0 fully saturated rings. The van der Waals surface area contributed by atoms with Crippen LogP contribution < -0.4 is 5.32 Å². The van der Waals surface area contributed by atoms with Crippen LogP contribution >= 0.6 is 34.8 Å². The quantitative estimate of drug-likeness (QED) is 0.730. The molecule has 4 heteroatoms. The van der Waals surface area contributed by atoms with Crippen molar-refractivity contribution in [2.75, 3.05) is 11.2 Å². The zero-order chi connectivity index (χ0) is 13.7.